The average Bonchev–Trinajstić information content (AvgIpc) is 3.22. The van der Waals surface area contributed by atoms with Crippen molar-refractivity contribution in [3.05, 3.63) is 63.7 Å². The molecule has 1 aromatic rings. The first-order valence-corrected chi connectivity index (χ1v) is 13.2. The van der Waals surface area contributed by atoms with Crippen molar-refractivity contribution in [3.63, 3.8) is 0 Å². The van der Waals surface area contributed by atoms with E-state index in [1.807, 2.05) is 38.3 Å². The van der Waals surface area contributed by atoms with Crippen LogP contribution in [0.3, 0.4) is 0 Å². The molecule has 0 saturated heterocycles. The predicted octanol–water partition coefficient (Wildman–Crippen LogP) is 6.08. The third kappa shape index (κ3) is 12.7. The number of hydrogen-bond acceptors (Lipinski definition) is 7. The van der Waals surface area contributed by atoms with Gasteiger partial charge in [-0.1, -0.05) is 35.5 Å². The minimum absolute atomic E-state index is 0.168. The molecule has 2 bridgehead atoms. The van der Waals surface area contributed by atoms with Crippen molar-refractivity contribution >= 4 is 23.3 Å². The molecule has 2 atom stereocenters. The molecular weight excluding hydrogens is 462 g/mol. The van der Waals surface area contributed by atoms with Crippen LogP contribution in [0.1, 0.15) is 70.0 Å². The summed E-state index contributed by atoms with van der Waals surface area (Å²) in [6, 6.07) is 0. The molecule has 1 aliphatic heterocycles. The number of fused-ring (bicyclic) bond motifs is 2. The van der Waals surface area contributed by atoms with Gasteiger partial charge in [-0.15, -0.1) is 11.3 Å². The Morgan fingerprint density at radius 2 is 2.03 bits per heavy atom. The number of carbonyl (C=O) groups is 2. The molecule has 1 aromatic heterocycles. The van der Waals surface area contributed by atoms with E-state index >= 15 is 0 Å². The average molecular weight is 502 g/mol. The van der Waals surface area contributed by atoms with Gasteiger partial charge in [-0.05, 0) is 59.0 Å². The molecule has 0 saturated carbocycles. The number of ether oxygens (including phenoxy) is 3. The summed E-state index contributed by atoms with van der Waals surface area (Å²) in [5.74, 6) is -0.569. The number of cyclic esters (lactones) is 2. The van der Waals surface area contributed by atoms with E-state index in [0.29, 0.717) is 19.3 Å². The highest BCUT2D eigenvalue weighted by atomic mass is 32.1. The molecule has 0 aliphatic carbocycles. The summed E-state index contributed by atoms with van der Waals surface area (Å²) < 4.78 is 16.4. The Hall–Kier alpha value is -2.51. The van der Waals surface area contributed by atoms with Crippen LogP contribution in [0, 0.1) is 0 Å². The van der Waals surface area contributed by atoms with Crippen LogP contribution < -0.4 is 0 Å². The Balaban J connectivity index is 2.16. The van der Waals surface area contributed by atoms with Gasteiger partial charge in [0.2, 0.25) is 0 Å². The number of rotatable bonds is 6. The number of esters is 2. The van der Waals surface area contributed by atoms with Gasteiger partial charge in [-0.2, -0.15) is 0 Å². The third-order valence-corrected chi connectivity index (χ3v) is 6.33. The molecule has 0 amide bonds. The summed E-state index contributed by atoms with van der Waals surface area (Å²) in [6.45, 7) is 6.59. The molecule has 6 nitrogen and oxygen atoms in total. The summed E-state index contributed by atoms with van der Waals surface area (Å²) in [5.41, 5.74) is 3.06. The van der Waals surface area contributed by atoms with E-state index in [1.54, 1.807) is 24.5 Å². The summed E-state index contributed by atoms with van der Waals surface area (Å²) in [7, 11) is 1.70. The van der Waals surface area contributed by atoms with Gasteiger partial charge < -0.3 is 14.2 Å². The monoisotopic (exact) mass is 501 g/mol. The highest BCUT2D eigenvalue weighted by Gasteiger charge is 2.15. The van der Waals surface area contributed by atoms with Crippen molar-refractivity contribution in [2.75, 3.05) is 13.7 Å². The van der Waals surface area contributed by atoms with Crippen molar-refractivity contribution in [2.45, 2.75) is 84.3 Å². The smallest absolute Gasteiger partial charge is 0.331 e. The van der Waals surface area contributed by atoms with Gasteiger partial charge in [0, 0.05) is 44.4 Å². The molecule has 0 radical (unpaired) electrons. The van der Waals surface area contributed by atoms with Crippen LogP contribution in [0.15, 0.2) is 53.0 Å². The number of methoxy groups -OCH3 is 1. The lowest BCUT2D eigenvalue weighted by Gasteiger charge is -2.13. The van der Waals surface area contributed by atoms with Crippen LogP contribution in [0.2, 0.25) is 0 Å². The fourth-order valence-electron chi connectivity index (χ4n) is 3.73. The molecular formula is C28H39NO5S. The van der Waals surface area contributed by atoms with Gasteiger partial charge in [-0.25, -0.2) is 9.78 Å². The minimum Gasteiger partial charge on any atom is -0.462 e. The van der Waals surface area contributed by atoms with E-state index in [0.717, 1.165) is 60.6 Å². The largest absolute Gasteiger partial charge is 0.462 e. The standard InChI is InChI=1S/C28H39NO5S/c1-21-12-10-15-28(31)34-25(18-22(2)11-6-5-9-16-32-4)19-26-29-24(20-35-26)13-7-8-14-27(30)33-23(3)17-21/h6,10-12,15,18,20,23,25H,5,7-9,13-14,16-17,19H2,1-4H3/b11-6+,15-10-,21-12+,22-18+/t23-,25+/m0/s1. The SMILES string of the molecule is COCCC/C=C/C(C)=C/[C@@H]1Cc2nc(cs2)CCCCC(=O)O[C@@H](C)C/C(C)=C/C=C\C(=O)O1. The Morgan fingerprint density at radius 3 is 2.83 bits per heavy atom. The maximum atomic E-state index is 12.5. The quantitative estimate of drug-likeness (QED) is 0.267. The van der Waals surface area contributed by atoms with Crippen LogP contribution in [0.4, 0.5) is 0 Å². The first-order valence-electron chi connectivity index (χ1n) is 12.4. The minimum atomic E-state index is -0.409. The normalized spacial score (nSPS) is 24.0. The summed E-state index contributed by atoms with van der Waals surface area (Å²) in [6.07, 6.45) is 16.4. The zero-order chi connectivity index (χ0) is 25.5. The first-order chi connectivity index (χ1) is 16.9. The fourth-order valence-corrected chi connectivity index (χ4v) is 4.60. The number of allylic oxidation sites excluding steroid dienone is 5. The molecule has 7 heteroatoms. The Kier molecular flexibility index (Phi) is 13.3. The molecule has 192 valence electrons. The molecule has 0 aromatic carbocycles. The highest BCUT2D eigenvalue weighted by molar-refractivity contribution is 7.09. The Labute approximate surface area is 213 Å². The van der Waals surface area contributed by atoms with Crippen LogP contribution >= 0.6 is 11.3 Å². The van der Waals surface area contributed by atoms with Gasteiger partial charge in [0.1, 0.15) is 12.2 Å². The molecule has 0 N–H and O–H groups in total. The number of nitrogens with zero attached hydrogens (tertiary/aromatic N) is 1. The van der Waals surface area contributed by atoms with E-state index < -0.39 is 12.1 Å². The molecule has 2 heterocycles. The van der Waals surface area contributed by atoms with Crippen molar-refractivity contribution in [1.29, 1.82) is 0 Å². The van der Waals surface area contributed by atoms with Crippen LogP contribution in [-0.2, 0) is 36.6 Å². The third-order valence-electron chi connectivity index (χ3n) is 5.41. The van der Waals surface area contributed by atoms with Crippen LogP contribution in [-0.4, -0.2) is 42.8 Å². The number of unbranched alkanes of at least 4 members (excludes halogenated alkanes) is 1. The number of thiazole rings is 1. The molecule has 35 heavy (non-hydrogen) atoms. The predicted molar refractivity (Wildman–Crippen MR) is 140 cm³/mol. The second kappa shape index (κ2) is 16.2. The van der Waals surface area contributed by atoms with E-state index in [2.05, 4.69) is 12.2 Å². The molecule has 1 aliphatic rings. The van der Waals surface area contributed by atoms with Crippen molar-refractivity contribution in [1.82, 2.24) is 4.98 Å². The summed E-state index contributed by atoms with van der Waals surface area (Å²) in [4.78, 5) is 29.4. The van der Waals surface area contributed by atoms with Gasteiger partial charge in [0.25, 0.3) is 0 Å². The van der Waals surface area contributed by atoms with Crippen molar-refractivity contribution in [3.8, 4) is 0 Å². The zero-order valence-corrected chi connectivity index (χ0v) is 22.3. The Morgan fingerprint density at radius 1 is 1.23 bits per heavy atom. The topological polar surface area (TPSA) is 74.7 Å². The first kappa shape index (κ1) is 28.7. The van der Waals surface area contributed by atoms with E-state index in [-0.39, 0.29) is 12.1 Å². The van der Waals surface area contributed by atoms with Gasteiger partial charge in [0.15, 0.2) is 0 Å². The van der Waals surface area contributed by atoms with Crippen LogP contribution in [0.25, 0.3) is 0 Å². The molecule has 2 rings (SSSR count). The van der Waals surface area contributed by atoms with E-state index in [1.165, 1.54) is 6.08 Å². The highest BCUT2D eigenvalue weighted by Crippen LogP contribution is 2.18. The number of aryl methyl sites for hydroxylation is 1. The summed E-state index contributed by atoms with van der Waals surface area (Å²) >= 11 is 1.58. The van der Waals surface area contributed by atoms with Gasteiger partial charge in [0.05, 0.1) is 10.7 Å². The van der Waals surface area contributed by atoms with Gasteiger partial charge >= 0.3 is 11.9 Å². The van der Waals surface area contributed by atoms with Crippen molar-refractivity contribution < 1.29 is 23.8 Å². The lowest BCUT2D eigenvalue weighted by atomic mass is 10.1. The fraction of sp³-hybridized carbons (Fsp3) is 0.536. The second-order valence-electron chi connectivity index (χ2n) is 8.94. The van der Waals surface area contributed by atoms with Gasteiger partial charge in [-0.3, -0.25) is 4.79 Å². The number of aromatic nitrogens is 1. The van der Waals surface area contributed by atoms with Crippen LogP contribution in [0.5, 0.6) is 0 Å². The van der Waals surface area contributed by atoms with E-state index in [9.17, 15) is 9.59 Å². The zero-order valence-electron chi connectivity index (χ0n) is 21.5. The maximum absolute atomic E-state index is 12.5. The Bertz CT molecular complexity index is 928. The molecule has 0 unspecified atom stereocenters. The lowest BCUT2D eigenvalue weighted by Crippen LogP contribution is -2.17. The molecule has 0 spiro atoms. The number of carbonyl (C=O) groups excluding carboxylic acids is 2. The number of hydrogen-bond donors (Lipinski definition) is 0. The second-order valence-corrected chi connectivity index (χ2v) is 9.89. The molecule has 0 fully saturated rings. The lowest BCUT2D eigenvalue weighted by molar-refractivity contribution is -0.148. The van der Waals surface area contributed by atoms with E-state index in [4.69, 9.17) is 19.2 Å². The van der Waals surface area contributed by atoms with Crippen molar-refractivity contribution in [2.24, 2.45) is 0 Å². The maximum Gasteiger partial charge on any atom is 0.331 e. The summed E-state index contributed by atoms with van der Waals surface area (Å²) in [5, 5.41) is 2.98.